The third-order valence-electron chi connectivity index (χ3n) is 7.88. The molecule has 0 spiro atoms. The van der Waals surface area contributed by atoms with Crippen LogP contribution in [-0.2, 0) is 9.59 Å². The second-order valence-electron chi connectivity index (χ2n) is 8.75. The van der Waals surface area contributed by atoms with E-state index in [0.29, 0.717) is 30.0 Å². The average molecular weight is 328 g/mol. The third-order valence-corrected chi connectivity index (χ3v) is 7.88. The highest BCUT2D eigenvalue weighted by Crippen LogP contribution is 2.63. The van der Waals surface area contributed by atoms with Gasteiger partial charge in [-0.3, -0.25) is 9.59 Å². The zero-order valence-corrected chi connectivity index (χ0v) is 14.9. The van der Waals surface area contributed by atoms with E-state index in [0.717, 1.165) is 25.7 Å². The van der Waals surface area contributed by atoms with Gasteiger partial charge >= 0.3 is 0 Å². The standard InChI is InChI=1S/C21H28O3/c1-11-8-14(23)9-13-4-5-15-18(21(11,13)3)7-6-16-19(24)10-17(12(2)22)20(15)16/h8-9,12,15-18,20,22H,4-7,10H2,1-3H3/t12?,15?,16?,17-,18?,20?,21?/m1/s1. The SMILES string of the molecule is CC1=CC(=O)C=C2CCC3C4C(CCC3C12C)C(=O)C[C@@H]4C(C)O. The van der Waals surface area contributed by atoms with Gasteiger partial charge in [-0.25, -0.2) is 0 Å². The van der Waals surface area contributed by atoms with Crippen molar-refractivity contribution in [2.75, 3.05) is 0 Å². The molecule has 0 aromatic carbocycles. The van der Waals surface area contributed by atoms with Crippen LogP contribution in [0.5, 0.6) is 0 Å². The number of carbonyl (C=O) groups excluding carboxylic acids is 2. The summed E-state index contributed by atoms with van der Waals surface area (Å²) in [5.74, 6) is 2.11. The molecule has 6 unspecified atom stereocenters. The molecule has 3 saturated carbocycles. The molecule has 130 valence electrons. The Kier molecular flexibility index (Phi) is 3.65. The van der Waals surface area contributed by atoms with E-state index in [2.05, 4.69) is 13.8 Å². The first-order valence-corrected chi connectivity index (χ1v) is 9.48. The van der Waals surface area contributed by atoms with Crippen molar-refractivity contribution in [3.05, 3.63) is 23.3 Å². The van der Waals surface area contributed by atoms with Gasteiger partial charge in [0.1, 0.15) is 5.78 Å². The predicted octanol–water partition coefficient (Wildman–Crippen LogP) is 3.47. The Hall–Kier alpha value is -1.22. The number of aliphatic hydroxyl groups is 1. The zero-order valence-electron chi connectivity index (χ0n) is 14.9. The fourth-order valence-corrected chi connectivity index (χ4v) is 6.61. The Labute approximate surface area is 144 Å². The topological polar surface area (TPSA) is 54.4 Å². The number of Topliss-reactive ketones (excluding diaryl/α,β-unsaturated/α-hetero) is 1. The highest BCUT2D eigenvalue weighted by atomic mass is 16.3. The molecule has 24 heavy (non-hydrogen) atoms. The summed E-state index contributed by atoms with van der Waals surface area (Å²) < 4.78 is 0. The van der Waals surface area contributed by atoms with Crippen molar-refractivity contribution in [1.82, 2.24) is 0 Å². The van der Waals surface area contributed by atoms with Crippen LogP contribution in [0.4, 0.5) is 0 Å². The minimum atomic E-state index is -0.406. The third kappa shape index (κ3) is 2.06. The Balaban J connectivity index is 1.74. The van der Waals surface area contributed by atoms with E-state index in [1.165, 1.54) is 11.1 Å². The van der Waals surface area contributed by atoms with Crippen molar-refractivity contribution in [2.24, 2.45) is 35.0 Å². The van der Waals surface area contributed by atoms with Gasteiger partial charge in [0.25, 0.3) is 0 Å². The fraction of sp³-hybridized carbons (Fsp3) is 0.714. The van der Waals surface area contributed by atoms with E-state index in [4.69, 9.17) is 0 Å². The van der Waals surface area contributed by atoms with Crippen molar-refractivity contribution in [1.29, 1.82) is 0 Å². The van der Waals surface area contributed by atoms with E-state index in [9.17, 15) is 14.7 Å². The first-order valence-electron chi connectivity index (χ1n) is 9.48. The van der Waals surface area contributed by atoms with Crippen LogP contribution in [0, 0.1) is 35.0 Å². The lowest BCUT2D eigenvalue weighted by Crippen LogP contribution is -2.49. The monoisotopic (exact) mass is 328 g/mol. The van der Waals surface area contributed by atoms with Crippen LogP contribution in [0.3, 0.4) is 0 Å². The summed E-state index contributed by atoms with van der Waals surface area (Å²) in [6.07, 6.45) is 7.86. The van der Waals surface area contributed by atoms with Gasteiger partial charge in [0.15, 0.2) is 5.78 Å². The lowest BCUT2D eigenvalue weighted by molar-refractivity contribution is -0.123. The van der Waals surface area contributed by atoms with E-state index >= 15 is 0 Å². The number of allylic oxidation sites excluding steroid dienone is 4. The summed E-state index contributed by atoms with van der Waals surface area (Å²) in [4.78, 5) is 24.5. The molecule has 4 aliphatic carbocycles. The summed E-state index contributed by atoms with van der Waals surface area (Å²) in [5.41, 5.74) is 2.46. The molecule has 3 heteroatoms. The molecule has 4 aliphatic rings. The summed E-state index contributed by atoms with van der Waals surface area (Å²) in [7, 11) is 0. The van der Waals surface area contributed by atoms with Crippen molar-refractivity contribution >= 4 is 11.6 Å². The summed E-state index contributed by atoms with van der Waals surface area (Å²) in [6.45, 7) is 6.26. The molecule has 0 amide bonds. The van der Waals surface area contributed by atoms with Gasteiger partial charge in [-0.1, -0.05) is 18.1 Å². The molecular weight excluding hydrogens is 300 g/mol. The van der Waals surface area contributed by atoms with Gasteiger partial charge in [-0.05, 0) is 75.4 Å². The molecule has 3 nitrogen and oxygen atoms in total. The van der Waals surface area contributed by atoms with Gasteiger partial charge in [-0.2, -0.15) is 0 Å². The quantitative estimate of drug-likeness (QED) is 0.802. The Morgan fingerprint density at radius 3 is 2.67 bits per heavy atom. The van der Waals surface area contributed by atoms with Crippen molar-refractivity contribution in [2.45, 2.75) is 59.0 Å². The first-order chi connectivity index (χ1) is 11.3. The number of carbonyl (C=O) groups is 2. The lowest BCUT2D eigenvalue weighted by Gasteiger charge is -2.55. The van der Waals surface area contributed by atoms with Gasteiger partial charge in [0.2, 0.25) is 0 Å². The van der Waals surface area contributed by atoms with Crippen LogP contribution < -0.4 is 0 Å². The minimum absolute atomic E-state index is 0.0311. The van der Waals surface area contributed by atoms with Gasteiger partial charge in [0, 0.05) is 17.8 Å². The summed E-state index contributed by atoms with van der Waals surface area (Å²) >= 11 is 0. The van der Waals surface area contributed by atoms with E-state index in [1.807, 2.05) is 19.1 Å². The smallest absolute Gasteiger partial charge is 0.178 e. The van der Waals surface area contributed by atoms with Crippen molar-refractivity contribution in [3.8, 4) is 0 Å². The molecule has 0 bridgehead atoms. The van der Waals surface area contributed by atoms with Crippen LogP contribution in [0.1, 0.15) is 52.9 Å². The van der Waals surface area contributed by atoms with Crippen molar-refractivity contribution < 1.29 is 14.7 Å². The molecule has 7 atom stereocenters. The van der Waals surface area contributed by atoms with E-state index in [-0.39, 0.29) is 23.0 Å². The maximum atomic E-state index is 12.5. The molecule has 0 heterocycles. The molecule has 0 saturated heterocycles. The second kappa shape index (κ2) is 5.39. The lowest BCUT2D eigenvalue weighted by atomic mass is 9.48. The van der Waals surface area contributed by atoms with Gasteiger partial charge < -0.3 is 5.11 Å². The van der Waals surface area contributed by atoms with Crippen LogP contribution in [-0.4, -0.2) is 22.8 Å². The van der Waals surface area contributed by atoms with E-state index < -0.39 is 6.10 Å². The second-order valence-corrected chi connectivity index (χ2v) is 8.75. The highest BCUT2D eigenvalue weighted by molar-refractivity contribution is 6.02. The number of hydrogen-bond donors (Lipinski definition) is 1. The fourth-order valence-electron chi connectivity index (χ4n) is 6.61. The normalized spacial score (nSPS) is 45.8. The maximum Gasteiger partial charge on any atom is 0.178 e. The van der Waals surface area contributed by atoms with E-state index in [1.54, 1.807) is 0 Å². The number of hydrogen-bond acceptors (Lipinski definition) is 3. The molecule has 0 aliphatic heterocycles. The highest BCUT2D eigenvalue weighted by Gasteiger charge is 2.58. The predicted molar refractivity (Wildman–Crippen MR) is 92.2 cm³/mol. The molecule has 0 aromatic heterocycles. The van der Waals surface area contributed by atoms with Crippen LogP contribution in [0.25, 0.3) is 0 Å². The Morgan fingerprint density at radius 2 is 1.96 bits per heavy atom. The zero-order chi connectivity index (χ0) is 17.2. The number of aliphatic hydroxyl groups excluding tert-OH is 1. The van der Waals surface area contributed by atoms with Gasteiger partial charge in [0.05, 0.1) is 6.10 Å². The van der Waals surface area contributed by atoms with Crippen molar-refractivity contribution in [3.63, 3.8) is 0 Å². The van der Waals surface area contributed by atoms with Crippen LogP contribution in [0.2, 0.25) is 0 Å². The molecular formula is C21H28O3. The number of ketones is 2. The Morgan fingerprint density at radius 1 is 1.21 bits per heavy atom. The number of fused-ring (bicyclic) bond motifs is 5. The molecule has 1 N–H and O–H groups in total. The molecule has 3 fully saturated rings. The molecule has 4 rings (SSSR count). The minimum Gasteiger partial charge on any atom is -0.393 e. The van der Waals surface area contributed by atoms with Gasteiger partial charge in [-0.15, -0.1) is 0 Å². The summed E-state index contributed by atoms with van der Waals surface area (Å²) in [5, 5.41) is 10.3. The molecule has 0 aromatic rings. The maximum absolute atomic E-state index is 12.5. The Bertz CT molecular complexity index is 656. The molecule has 0 radical (unpaired) electrons. The number of rotatable bonds is 1. The van der Waals surface area contributed by atoms with Crippen LogP contribution >= 0.6 is 0 Å². The summed E-state index contributed by atoms with van der Waals surface area (Å²) in [6, 6.07) is 0. The average Bonchev–Trinajstić information content (AvgIpc) is 2.86. The first kappa shape index (κ1) is 16.3. The largest absolute Gasteiger partial charge is 0.393 e. The van der Waals surface area contributed by atoms with Crippen LogP contribution in [0.15, 0.2) is 23.3 Å².